The second-order valence-corrected chi connectivity index (χ2v) is 6.77. The molecule has 4 nitrogen and oxygen atoms in total. The number of hydrogen-bond donors (Lipinski definition) is 0. The summed E-state index contributed by atoms with van der Waals surface area (Å²) in [5.74, 6) is 0.174. The highest BCUT2D eigenvalue weighted by Crippen LogP contribution is 2.39. The standard InChI is InChI=1S/C17H15N3OS/c21-17-16-14(11-5-9-22-10-11)15-13(2-1-6-18-15)20(16)8-7-19(17)12-3-4-12/h1-2,5-6,9-10,12H,3-4,7-8H2. The summed E-state index contributed by atoms with van der Waals surface area (Å²) in [6.45, 7) is 1.68. The Kier molecular flexibility index (Phi) is 2.50. The third-order valence-electron chi connectivity index (χ3n) is 4.65. The van der Waals surface area contributed by atoms with Gasteiger partial charge in [-0.05, 0) is 47.4 Å². The van der Waals surface area contributed by atoms with Crippen LogP contribution in [0, 0.1) is 0 Å². The molecule has 5 heteroatoms. The van der Waals surface area contributed by atoms with E-state index in [0.717, 1.165) is 53.8 Å². The van der Waals surface area contributed by atoms with Crippen molar-refractivity contribution in [2.45, 2.75) is 25.4 Å². The molecule has 1 fully saturated rings. The number of carbonyl (C=O) groups is 1. The molecule has 3 aromatic rings. The van der Waals surface area contributed by atoms with E-state index in [1.807, 2.05) is 12.3 Å². The highest BCUT2D eigenvalue weighted by atomic mass is 32.1. The number of pyridine rings is 1. The van der Waals surface area contributed by atoms with Crippen LogP contribution in [-0.2, 0) is 6.54 Å². The monoisotopic (exact) mass is 309 g/mol. The molecule has 2 aliphatic rings. The summed E-state index contributed by atoms with van der Waals surface area (Å²) in [7, 11) is 0. The van der Waals surface area contributed by atoms with Gasteiger partial charge in [-0.2, -0.15) is 11.3 Å². The minimum absolute atomic E-state index is 0.174. The van der Waals surface area contributed by atoms with E-state index < -0.39 is 0 Å². The first kappa shape index (κ1) is 12.4. The Hall–Kier alpha value is -2.14. The zero-order valence-corrected chi connectivity index (χ0v) is 12.8. The number of carbonyl (C=O) groups excluding carboxylic acids is 1. The molecule has 1 amide bonds. The van der Waals surface area contributed by atoms with Crippen molar-refractivity contribution in [3.05, 3.63) is 40.8 Å². The van der Waals surface area contributed by atoms with E-state index in [-0.39, 0.29) is 5.91 Å². The molecule has 1 saturated carbocycles. The summed E-state index contributed by atoms with van der Waals surface area (Å²) in [6, 6.07) is 6.56. The van der Waals surface area contributed by atoms with E-state index in [9.17, 15) is 4.79 Å². The quantitative estimate of drug-likeness (QED) is 0.728. The first-order chi connectivity index (χ1) is 10.8. The lowest BCUT2D eigenvalue weighted by Crippen LogP contribution is -2.41. The first-order valence-corrected chi connectivity index (χ1v) is 8.59. The molecule has 3 aromatic heterocycles. The maximum Gasteiger partial charge on any atom is 0.271 e. The highest BCUT2D eigenvalue weighted by molar-refractivity contribution is 7.08. The molecule has 0 aromatic carbocycles. The number of nitrogens with zero attached hydrogens (tertiary/aromatic N) is 3. The van der Waals surface area contributed by atoms with Gasteiger partial charge in [0, 0.05) is 30.9 Å². The molecule has 4 heterocycles. The molecule has 1 aliphatic carbocycles. The van der Waals surface area contributed by atoms with E-state index in [4.69, 9.17) is 0 Å². The minimum atomic E-state index is 0.174. The predicted molar refractivity (Wildman–Crippen MR) is 87.1 cm³/mol. The van der Waals surface area contributed by atoms with Gasteiger partial charge in [-0.25, -0.2) is 0 Å². The van der Waals surface area contributed by atoms with Gasteiger partial charge in [-0.3, -0.25) is 9.78 Å². The third-order valence-corrected chi connectivity index (χ3v) is 5.33. The second-order valence-electron chi connectivity index (χ2n) is 5.99. The van der Waals surface area contributed by atoms with E-state index in [1.165, 1.54) is 0 Å². The SMILES string of the molecule is O=C1c2c(-c3ccsc3)c3ncccc3n2CCN1C1CC1. The Bertz CT molecular complexity index is 877. The van der Waals surface area contributed by atoms with Crippen LogP contribution in [0.3, 0.4) is 0 Å². The normalized spacial score (nSPS) is 18.0. The zero-order chi connectivity index (χ0) is 14.7. The van der Waals surface area contributed by atoms with Gasteiger partial charge >= 0.3 is 0 Å². The fraction of sp³-hybridized carbons (Fsp3) is 0.294. The number of aromatic nitrogens is 2. The summed E-state index contributed by atoms with van der Waals surface area (Å²) in [5.41, 5.74) is 4.95. The van der Waals surface area contributed by atoms with Crippen LogP contribution < -0.4 is 0 Å². The first-order valence-electron chi connectivity index (χ1n) is 7.65. The van der Waals surface area contributed by atoms with Gasteiger partial charge < -0.3 is 9.47 Å². The Morgan fingerprint density at radius 1 is 1.23 bits per heavy atom. The van der Waals surface area contributed by atoms with Crippen molar-refractivity contribution in [1.82, 2.24) is 14.5 Å². The Labute approximate surface area is 132 Å². The number of amides is 1. The number of rotatable bonds is 2. The molecule has 110 valence electrons. The molecular weight excluding hydrogens is 294 g/mol. The molecule has 0 radical (unpaired) electrons. The van der Waals surface area contributed by atoms with Crippen LogP contribution in [0.25, 0.3) is 22.2 Å². The fourth-order valence-electron chi connectivity index (χ4n) is 3.49. The number of fused-ring (bicyclic) bond motifs is 3. The third kappa shape index (κ3) is 1.63. The molecule has 0 bridgehead atoms. The van der Waals surface area contributed by atoms with Gasteiger partial charge in [-0.1, -0.05) is 0 Å². The van der Waals surface area contributed by atoms with Gasteiger partial charge in [0.15, 0.2) is 0 Å². The average molecular weight is 309 g/mol. The Morgan fingerprint density at radius 3 is 2.91 bits per heavy atom. The Morgan fingerprint density at radius 2 is 2.14 bits per heavy atom. The van der Waals surface area contributed by atoms with Crippen LogP contribution in [-0.4, -0.2) is 32.9 Å². The van der Waals surface area contributed by atoms with E-state index in [2.05, 4.69) is 37.3 Å². The largest absolute Gasteiger partial charge is 0.333 e. The van der Waals surface area contributed by atoms with Crippen molar-refractivity contribution >= 4 is 28.3 Å². The summed E-state index contributed by atoms with van der Waals surface area (Å²) in [4.78, 5) is 19.7. The van der Waals surface area contributed by atoms with Crippen LogP contribution in [0.15, 0.2) is 35.2 Å². The average Bonchev–Trinajstić information content (AvgIpc) is 3.12. The molecule has 22 heavy (non-hydrogen) atoms. The fourth-order valence-corrected chi connectivity index (χ4v) is 4.14. The van der Waals surface area contributed by atoms with Gasteiger partial charge in [0.2, 0.25) is 0 Å². The summed E-state index contributed by atoms with van der Waals surface area (Å²) >= 11 is 1.66. The molecule has 0 unspecified atom stereocenters. The van der Waals surface area contributed by atoms with Crippen molar-refractivity contribution in [2.24, 2.45) is 0 Å². The lowest BCUT2D eigenvalue weighted by molar-refractivity contribution is 0.0694. The second kappa shape index (κ2) is 4.43. The minimum Gasteiger partial charge on any atom is -0.333 e. The van der Waals surface area contributed by atoms with E-state index in [1.54, 1.807) is 11.3 Å². The van der Waals surface area contributed by atoms with E-state index in [0.29, 0.717) is 6.04 Å². The van der Waals surface area contributed by atoms with Crippen molar-refractivity contribution in [3.63, 3.8) is 0 Å². The van der Waals surface area contributed by atoms with Crippen molar-refractivity contribution in [3.8, 4) is 11.1 Å². The maximum absolute atomic E-state index is 13.1. The van der Waals surface area contributed by atoms with Gasteiger partial charge in [-0.15, -0.1) is 0 Å². The molecule has 0 atom stereocenters. The van der Waals surface area contributed by atoms with E-state index >= 15 is 0 Å². The predicted octanol–water partition coefficient (Wildman–Crippen LogP) is 3.38. The summed E-state index contributed by atoms with van der Waals surface area (Å²) in [6.07, 6.45) is 4.11. The lowest BCUT2D eigenvalue weighted by atomic mass is 10.1. The molecule has 0 spiro atoms. The van der Waals surface area contributed by atoms with Crippen LogP contribution >= 0.6 is 11.3 Å². The van der Waals surface area contributed by atoms with Gasteiger partial charge in [0.05, 0.1) is 11.0 Å². The molecular formula is C17H15N3OS. The van der Waals surface area contributed by atoms with Crippen molar-refractivity contribution in [1.29, 1.82) is 0 Å². The molecule has 0 N–H and O–H groups in total. The van der Waals surface area contributed by atoms with Crippen molar-refractivity contribution in [2.75, 3.05) is 6.54 Å². The Balaban J connectivity index is 1.82. The maximum atomic E-state index is 13.1. The van der Waals surface area contributed by atoms with Crippen LogP contribution in [0.5, 0.6) is 0 Å². The number of thiophene rings is 1. The topological polar surface area (TPSA) is 38.1 Å². The van der Waals surface area contributed by atoms with Crippen LogP contribution in [0.4, 0.5) is 0 Å². The van der Waals surface area contributed by atoms with Gasteiger partial charge in [0.1, 0.15) is 5.69 Å². The molecule has 1 aliphatic heterocycles. The molecule has 5 rings (SSSR count). The number of hydrogen-bond acceptors (Lipinski definition) is 3. The summed E-state index contributed by atoms with van der Waals surface area (Å²) in [5, 5.41) is 4.16. The van der Waals surface area contributed by atoms with Crippen LogP contribution in [0.2, 0.25) is 0 Å². The highest BCUT2D eigenvalue weighted by Gasteiger charge is 2.39. The zero-order valence-electron chi connectivity index (χ0n) is 12.0. The van der Waals surface area contributed by atoms with Crippen LogP contribution in [0.1, 0.15) is 23.3 Å². The smallest absolute Gasteiger partial charge is 0.271 e. The summed E-state index contributed by atoms with van der Waals surface area (Å²) < 4.78 is 2.16. The van der Waals surface area contributed by atoms with Crippen molar-refractivity contribution < 1.29 is 4.79 Å². The lowest BCUT2D eigenvalue weighted by Gasteiger charge is -2.29. The van der Waals surface area contributed by atoms with Gasteiger partial charge in [0.25, 0.3) is 5.91 Å². The molecule has 0 saturated heterocycles.